The molecule has 0 saturated carbocycles. The van der Waals surface area contributed by atoms with Crippen molar-refractivity contribution >= 4 is 30.0 Å². The number of aliphatic imine (C=N–C) groups is 1. The quantitative estimate of drug-likeness (QED) is 0.532. The van der Waals surface area contributed by atoms with Crippen LogP contribution >= 0.6 is 0 Å². The number of hydrogen-bond donors (Lipinski definition) is 0. The minimum absolute atomic E-state index is 0.0294. The van der Waals surface area contributed by atoms with E-state index in [2.05, 4.69) is 38.1 Å². The van der Waals surface area contributed by atoms with Gasteiger partial charge in [-0.3, -0.25) is 9.79 Å². The topological polar surface area (TPSA) is 96.3 Å². The number of nitrogens with zero attached hydrogens (tertiary/aromatic N) is 7. The molecule has 2 aromatic rings. The first-order valence-electron chi connectivity index (χ1n) is 11.8. The minimum Gasteiger partial charge on any atom is -0.378 e. The van der Waals surface area contributed by atoms with Crippen molar-refractivity contribution < 1.29 is 14.3 Å². The summed E-state index contributed by atoms with van der Waals surface area (Å²) >= 11 is 0. The zero-order valence-corrected chi connectivity index (χ0v) is 20.5. The van der Waals surface area contributed by atoms with E-state index in [4.69, 9.17) is 14.5 Å². The monoisotopic (exact) mass is 479 g/mol. The van der Waals surface area contributed by atoms with E-state index >= 15 is 0 Å². The highest BCUT2D eigenvalue weighted by atomic mass is 16.5. The molecular formula is C25H33N7O3. The highest BCUT2D eigenvalue weighted by Gasteiger charge is 2.27. The van der Waals surface area contributed by atoms with Gasteiger partial charge in [0, 0.05) is 64.3 Å². The molecule has 0 spiro atoms. The van der Waals surface area contributed by atoms with Gasteiger partial charge in [-0.2, -0.15) is 0 Å². The molecule has 2 fully saturated rings. The van der Waals surface area contributed by atoms with Crippen molar-refractivity contribution in [3.8, 4) is 11.3 Å². The molecule has 10 heteroatoms. The minimum atomic E-state index is 0.0294. The van der Waals surface area contributed by atoms with Crippen molar-refractivity contribution in [3.05, 3.63) is 36.8 Å². The summed E-state index contributed by atoms with van der Waals surface area (Å²) in [5.74, 6) is 0.725. The molecule has 0 N–H and O–H groups in total. The zero-order valence-electron chi connectivity index (χ0n) is 20.5. The van der Waals surface area contributed by atoms with Crippen LogP contribution in [0.25, 0.3) is 17.0 Å². The second-order valence-corrected chi connectivity index (χ2v) is 8.70. The Morgan fingerprint density at radius 2 is 1.89 bits per heavy atom. The number of carbonyl (C=O) groups excluding carboxylic acids is 1. The SMILES string of the molecule is C=Nc1ccc(-c2cnc(N3CCOCC3)nc2)nc1C(=C)N(C)C1CCN(C(=O)COC)CC1. The molecule has 1 amide bonds. The average Bonchev–Trinajstić information content (AvgIpc) is 2.92. The van der Waals surface area contributed by atoms with Gasteiger partial charge >= 0.3 is 0 Å². The van der Waals surface area contributed by atoms with Crippen molar-refractivity contribution in [2.75, 3.05) is 65.1 Å². The summed E-state index contributed by atoms with van der Waals surface area (Å²) in [6.45, 7) is 12.5. The van der Waals surface area contributed by atoms with Gasteiger partial charge in [0.2, 0.25) is 11.9 Å². The molecule has 10 nitrogen and oxygen atoms in total. The third-order valence-corrected chi connectivity index (χ3v) is 6.60. The Hall–Kier alpha value is -3.37. The number of likely N-dealkylation sites (tertiary alicyclic amines) is 1. The van der Waals surface area contributed by atoms with Gasteiger partial charge in [-0.15, -0.1) is 0 Å². The number of aromatic nitrogens is 3. The number of anilines is 1. The summed E-state index contributed by atoms with van der Waals surface area (Å²) in [6, 6.07) is 4.03. The molecule has 0 radical (unpaired) electrons. The number of rotatable bonds is 8. The average molecular weight is 480 g/mol. The molecule has 0 atom stereocenters. The van der Waals surface area contributed by atoms with Crippen LogP contribution in [0.15, 0.2) is 36.1 Å². The van der Waals surface area contributed by atoms with Gasteiger partial charge in [-0.05, 0) is 31.7 Å². The lowest BCUT2D eigenvalue weighted by Crippen LogP contribution is -2.46. The van der Waals surface area contributed by atoms with Crippen LogP contribution in [0.2, 0.25) is 0 Å². The van der Waals surface area contributed by atoms with Crippen LogP contribution in [0.4, 0.5) is 11.6 Å². The standard InChI is InChI=1S/C25H33N7O3/c1-18(30(3)20-7-9-31(10-8-20)23(33)17-34-4)24-22(26-2)6-5-21(29-24)19-15-27-25(28-16-19)32-11-13-35-14-12-32/h5-6,15-16,20H,1-2,7-14,17H2,3-4H3. The Morgan fingerprint density at radius 3 is 2.51 bits per heavy atom. The lowest BCUT2D eigenvalue weighted by atomic mass is 10.0. The molecule has 4 heterocycles. The number of ether oxygens (including phenoxy) is 2. The van der Waals surface area contributed by atoms with Crippen LogP contribution in [-0.4, -0.2) is 104 Å². The number of amides is 1. The molecule has 0 aliphatic carbocycles. The molecule has 2 aliphatic rings. The fourth-order valence-electron chi connectivity index (χ4n) is 4.44. The molecule has 2 aromatic heterocycles. The number of piperidine rings is 1. The third-order valence-electron chi connectivity index (χ3n) is 6.60. The van der Waals surface area contributed by atoms with E-state index in [1.807, 2.05) is 24.1 Å². The normalized spacial score (nSPS) is 16.7. The number of pyridine rings is 1. The Bertz CT molecular complexity index is 1050. The van der Waals surface area contributed by atoms with E-state index in [9.17, 15) is 4.79 Å². The van der Waals surface area contributed by atoms with Crippen LogP contribution < -0.4 is 4.90 Å². The summed E-state index contributed by atoms with van der Waals surface area (Å²) in [4.78, 5) is 36.4. The maximum absolute atomic E-state index is 12.1. The van der Waals surface area contributed by atoms with E-state index in [1.54, 1.807) is 19.5 Å². The van der Waals surface area contributed by atoms with E-state index < -0.39 is 0 Å². The second-order valence-electron chi connectivity index (χ2n) is 8.70. The van der Waals surface area contributed by atoms with E-state index in [0.29, 0.717) is 43.6 Å². The van der Waals surface area contributed by atoms with Crippen LogP contribution in [0, 0.1) is 0 Å². The number of hydrogen-bond acceptors (Lipinski definition) is 9. The number of methoxy groups -OCH3 is 1. The summed E-state index contributed by atoms with van der Waals surface area (Å²) in [7, 11) is 3.56. The largest absolute Gasteiger partial charge is 0.378 e. The van der Waals surface area contributed by atoms with Gasteiger partial charge in [0.1, 0.15) is 12.3 Å². The summed E-state index contributed by atoms with van der Waals surface area (Å²) in [5, 5.41) is 0. The smallest absolute Gasteiger partial charge is 0.248 e. The molecule has 35 heavy (non-hydrogen) atoms. The van der Waals surface area contributed by atoms with Crippen molar-refractivity contribution in [1.29, 1.82) is 0 Å². The first-order chi connectivity index (χ1) is 17.0. The van der Waals surface area contributed by atoms with Crippen LogP contribution in [-0.2, 0) is 14.3 Å². The predicted octanol–water partition coefficient (Wildman–Crippen LogP) is 2.25. The fourth-order valence-corrected chi connectivity index (χ4v) is 4.44. The third kappa shape index (κ3) is 5.66. The summed E-state index contributed by atoms with van der Waals surface area (Å²) < 4.78 is 10.4. The molecule has 4 rings (SSSR count). The lowest BCUT2D eigenvalue weighted by Gasteiger charge is -2.38. The number of morpholine rings is 1. The molecule has 0 aromatic carbocycles. The van der Waals surface area contributed by atoms with E-state index in [0.717, 1.165) is 42.9 Å². The second kappa shape index (κ2) is 11.4. The Kier molecular flexibility index (Phi) is 8.04. The van der Waals surface area contributed by atoms with Gasteiger partial charge in [-0.1, -0.05) is 6.58 Å². The van der Waals surface area contributed by atoms with Crippen LogP contribution in [0.3, 0.4) is 0 Å². The maximum Gasteiger partial charge on any atom is 0.248 e. The molecule has 2 saturated heterocycles. The first-order valence-corrected chi connectivity index (χ1v) is 11.8. The zero-order chi connectivity index (χ0) is 24.8. The Labute approximate surface area is 206 Å². The molecule has 0 unspecified atom stereocenters. The highest BCUT2D eigenvalue weighted by molar-refractivity contribution is 5.77. The van der Waals surface area contributed by atoms with Crippen molar-refractivity contribution in [2.45, 2.75) is 18.9 Å². The lowest BCUT2D eigenvalue weighted by molar-refractivity contribution is -0.136. The van der Waals surface area contributed by atoms with E-state index in [-0.39, 0.29) is 18.6 Å². The maximum atomic E-state index is 12.1. The van der Waals surface area contributed by atoms with Crippen LogP contribution in [0.1, 0.15) is 18.5 Å². The highest BCUT2D eigenvalue weighted by Crippen LogP contribution is 2.31. The Morgan fingerprint density at radius 1 is 1.20 bits per heavy atom. The van der Waals surface area contributed by atoms with Gasteiger partial charge in [0.15, 0.2) is 0 Å². The summed E-state index contributed by atoms with van der Waals surface area (Å²) in [6.07, 6.45) is 5.28. The predicted molar refractivity (Wildman–Crippen MR) is 136 cm³/mol. The summed E-state index contributed by atoms with van der Waals surface area (Å²) in [5.41, 5.74) is 3.68. The molecule has 186 valence electrons. The molecular weight excluding hydrogens is 446 g/mol. The molecule has 2 aliphatic heterocycles. The molecule has 0 bridgehead atoms. The number of carbonyl (C=O) groups is 1. The van der Waals surface area contributed by atoms with Gasteiger partial charge < -0.3 is 24.2 Å². The van der Waals surface area contributed by atoms with Crippen molar-refractivity contribution in [2.24, 2.45) is 4.99 Å². The fraction of sp³-hybridized carbons (Fsp3) is 0.480. The van der Waals surface area contributed by atoms with E-state index in [1.165, 1.54) is 0 Å². The Balaban J connectivity index is 1.48. The van der Waals surface area contributed by atoms with Gasteiger partial charge in [0.05, 0.1) is 30.3 Å². The van der Waals surface area contributed by atoms with Crippen molar-refractivity contribution in [1.82, 2.24) is 24.8 Å². The van der Waals surface area contributed by atoms with Crippen LogP contribution in [0.5, 0.6) is 0 Å². The van der Waals surface area contributed by atoms with Crippen molar-refractivity contribution in [3.63, 3.8) is 0 Å². The van der Waals surface area contributed by atoms with Gasteiger partial charge in [0.25, 0.3) is 0 Å². The van der Waals surface area contributed by atoms with Gasteiger partial charge in [-0.25, -0.2) is 15.0 Å². The first kappa shape index (κ1) is 24.7.